The van der Waals surface area contributed by atoms with E-state index in [1.807, 2.05) is 158 Å². The first kappa shape index (κ1) is 96.5. The van der Waals surface area contributed by atoms with E-state index in [0.717, 1.165) is 112 Å². The minimum Gasteiger partial charge on any atom is -0.351 e. The number of aromatic nitrogens is 7. The average Bonchev–Trinajstić information content (AvgIpc) is 0.769. The number of nitrogens with zero attached hydrogens (tertiary/aromatic N) is 11. The van der Waals surface area contributed by atoms with Crippen molar-refractivity contribution in [1.29, 1.82) is 0 Å². The summed E-state index contributed by atoms with van der Waals surface area (Å²) in [6.07, 6.45) is 14.8. The van der Waals surface area contributed by atoms with Gasteiger partial charge in [-0.2, -0.15) is 0 Å². The molecule has 0 saturated carbocycles. The SMILES string of the molecule is CC(C)Cc1cc(-c2ccnc(-c3[c-]cc(-c4ccccc4-c4cc(C(=O)N(C)c5c[c-]c(-c6ccccn6)cc5CC(C)C)cc(C(=O)N(C)c5cnc(-c6ccccn6)cc5CC(C)C)c4)c(CC(C)C)c3)n2)[c-]cc1-c1ccccc1-c1cc(C(=O)N(C)c2c[c-]c(-c3ccccn3)cc2CC(C)C)cc(C(=O)N(C)c2c[c-]c(-c3ccccn3)cc2CC(C)C)c1.[Ir+3].[Ir]. The second-order valence-corrected chi connectivity index (χ2v) is 36.4. The molecule has 0 bridgehead atoms. The van der Waals surface area contributed by atoms with Crippen molar-refractivity contribution in [1.82, 2.24) is 34.9 Å². The molecule has 6 heterocycles. The van der Waals surface area contributed by atoms with Crippen molar-refractivity contribution in [2.75, 3.05) is 47.8 Å². The Labute approximate surface area is 805 Å². The summed E-state index contributed by atoms with van der Waals surface area (Å²) in [5, 5.41) is 0. The molecule has 0 fully saturated rings. The third-order valence-electron chi connectivity index (χ3n) is 23.3. The van der Waals surface area contributed by atoms with Crippen LogP contribution in [0.5, 0.6) is 0 Å². The van der Waals surface area contributed by atoms with Gasteiger partial charge >= 0.3 is 20.1 Å². The molecule has 0 unspecified atom stereocenters. The Balaban J connectivity index is 0.00000741. The maximum atomic E-state index is 15.7. The first-order valence-electron chi connectivity index (χ1n) is 45.0. The Kier molecular flexibility index (Phi) is 31.7. The molecular formula is C115H110Ir2N11O4-2. The normalized spacial score (nSPS) is 11.3. The van der Waals surface area contributed by atoms with Crippen molar-refractivity contribution >= 4 is 46.4 Å². The monoisotopic (exact) mass is 2090 g/mol. The number of anilines is 4. The first-order valence-corrected chi connectivity index (χ1v) is 45.0. The van der Waals surface area contributed by atoms with Crippen LogP contribution in [-0.4, -0.2) is 86.7 Å². The number of hydrogen-bond donors (Lipinski definition) is 0. The molecular weight excluding hydrogens is 1980 g/mol. The second kappa shape index (κ2) is 43.4. The number of carbonyl (C=O) groups excluding carboxylic acids is 4. The van der Waals surface area contributed by atoms with Gasteiger partial charge < -0.3 is 39.5 Å². The van der Waals surface area contributed by atoms with Crippen LogP contribution < -0.4 is 19.6 Å². The molecule has 6 aromatic heterocycles. The average molecular weight is 2090 g/mol. The van der Waals surface area contributed by atoms with E-state index in [-0.39, 0.29) is 99.3 Å². The van der Waals surface area contributed by atoms with Gasteiger partial charge in [-0.25, -0.2) is 0 Å². The fourth-order valence-electron chi connectivity index (χ4n) is 17.3. The zero-order valence-electron chi connectivity index (χ0n) is 77.8. The number of benzene rings is 9. The van der Waals surface area contributed by atoms with Crippen molar-refractivity contribution < 1.29 is 59.4 Å². The van der Waals surface area contributed by atoms with Crippen molar-refractivity contribution in [2.45, 2.75) is 122 Å². The largest absolute Gasteiger partial charge is 3.00 e. The minimum atomic E-state index is -0.312. The van der Waals surface area contributed by atoms with E-state index in [1.165, 1.54) is 0 Å². The molecule has 4 amide bonds. The summed E-state index contributed by atoms with van der Waals surface area (Å²) < 4.78 is 0. The van der Waals surface area contributed by atoms with Gasteiger partial charge in [0.15, 0.2) is 0 Å². The van der Waals surface area contributed by atoms with Gasteiger partial charge in [-0.3, -0.25) is 34.1 Å². The zero-order chi connectivity index (χ0) is 91.6. The van der Waals surface area contributed by atoms with E-state index in [4.69, 9.17) is 15.0 Å². The van der Waals surface area contributed by atoms with Crippen LogP contribution in [0.3, 0.4) is 0 Å². The predicted molar refractivity (Wildman–Crippen MR) is 528 cm³/mol. The van der Waals surface area contributed by atoms with Gasteiger partial charge in [0.2, 0.25) is 17.7 Å². The second-order valence-electron chi connectivity index (χ2n) is 36.4. The van der Waals surface area contributed by atoms with Crippen LogP contribution in [0, 0.1) is 65.8 Å². The number of hydrogen-bond acceptors (Lipinski definition) is 11. The fourth-order valence-corrected chi connectivity index (χ4v) is 17.3. The van der Waals surface area contributed by atoms with Crippen LogP contribution in [0.15, 0.2) is 268 Å². The topological polar surface area (TPSA) is 171 Å². The molecule has 669 valence electrons. The van der Waals surface area contributed by atoms with Crippen molar-refractivity contribution in [3.8, 4) is 112 Å². The number of carbonyl (C=O) groups is 4. The van der Waals surface area contributed by atoms with Crippen LogP contribution in [-0.2, 0) is 78.7 Å². The molecule has 132 heavy (non-hydrogen) atoms. The Morgan fingerprint density at radius 3 is 0.924 bits per heavy atom. The zero-order valence-corrected chi connectivity index (χ0v) is 82.6. The number of amides is 4. The molecule has 0 aliphatic carbocycles. The van der Waals surface area contributed by atoms with Crippen molar-refractivity contribution in [3.05, 3.63) is 354 Å². The van der Waals surface area contributed by atoms with Gasteiger partial charge in [-0.1, -0.05) is 202 Å². The maximum Gasteiger partial charge on any atom is 3.00 e. The predicted octanol–water partition coefficient (Wildman–Crippen LogP) is 25.4. The molecule has 9 aromatic carbocycles. The van der Waals surface area contributed by atoms with Gasteiger partial charge in [-0.15, -0.1) is 147 Å². The molecule has 15 nitrogen and oxygen atoms in total. The molecule has 15 rings (SSSR count). The summed E-state index contributed by atoms with van der Waals surface area (Å²) in [7, 11) is 7.17. The Morgan fingerprint density at radius 2 is 0.568 bits per heavy atom. The van der Waals surface area contributed by atoms with Crippen LogP contribution >= 0.6 is 0 Å². The first-order chi connectivity index (χ1) is 62.7. The van der Waals surface area contributed by atoms with E-state index in [9.17, 15) is 0 Å². The molecule has 0 aliphatic rings. The molecule has 17 heteroatoms. The molecule has 15 aromatic rings. The van der Waals surface area contributed by atoms with E-state index < -0.39 is 0 Å². The van der Waals surface area contributed by atoms with Crippen LogP contribution in [0.25, 0.3) is 112 Å². The molecule has 0 N–H and O–H groups in total. The van der Waals surface area contributed by atoms with Gasteiger partial charge in [0, 0.05) is 102 Å². The van der Waals surface area contributed by atoms with Crippen molar-refractivity contribution in [3.63, 3.8) is 0 Å². The van der Waals surface area contributed by atoms with Gasteiger partial charge in [0.05, 0.1) is 29.1 Å². The Morgan fingerprint density at radius 1 is 0.273 bits per heavy atom. The van der Waals surface area contributed by atoms with Crippen LogP contribution in [0.4, 0.5) is 22.7 Å². The quantitative estimate of drug-likeness (QED) is 0.0392. The van der Waals surface area contributed by atoms with E-state index >= 15 is 19.2 Å². The smallest absolute Gasteiger partial charge is 0.351 e. The third kappa shape index (κ3) is 22.4. The molecule has 0 aliphatic heterocycles. The minimum absolute atomic E-state index is 0. The van der Waals surface area contributed by atoms with Crippen LogP contribution in [0.2, 0.25) is 0 Å². The van der Waals surface area contributed by atoms with E-state index in [2.05, 4.69) is 194 Å². The maximum absolute atomic E-state index is 15.7. The van der Waals surface area contributed by atoms with Gasteiger partial charge in [0.1, 0.15) is 0 Å². The van der Waals surface area contributed by atoms with Gasteiger partial charge in [0.25, 0.3) is 5.91 Å². The molecule has 0 spiro atoms. The number of rotatable bonds is 30. The molecule has 1 radical (unpaired) electrons. The van der Waals surface area contributed by atoms with Crippen LogP contribution in [0.1, 0.15) is 158 Å². The summed E-state index contributed by atoms with van der Waals surface area (Å²) >= 11 is 0. The van der Waals surface area contributed by atoms with Crippen molar-refractivity contribution in [2.24, 2.45) is 35.5 Å². The number of pyridine rings is 5. The van der Waals surface area contributed by atoms with E-state index in [0.29, 0.717) is 117 Å². The summed E-state index contributed by atoms with van der Waals surface area (Å²) in [6, 6.07) is 92.7. The Bertz CT molecular complexity index is 5980. The molecule has 0 saturated heterocycles. The standard InChI is InChI=1S/C115H110N11O4.2Ir/c1-72(2)53-83-59-81(37-42-97(83)99-31-19-17-29-95(99)85-64-91(112(127)123(13)107-44-39-78(60-87(107)55-74(5)6)101-33-21-25-48-116-101)68-92(65-85)113(128)124(14)108-45-40-79(61-88(108)56-75(7)8)102-34-22-26-49-117-102)104-47-52-120-111(122-104)82-38-43-98(84(63-82)54-73(3)4)100-32-20-18-30-96(100)86-66-93(114(129)125(15)109-46-41-80(62-89(109)57-76(9)10)103-35-23-27-50-118-103)69-94(67-86)115(130)126(16)110-71-121-106(70-90(110)58-77(11)12)105-36-24-28-51-119-105;;/h17-36,42-52,59-77H,53-58H2,1-16H3;;/q-5;;+3. The summed E-state index contributed by atoms with van der Waals surface area (Å²) in [6.45, 7) is 26.1. The Hall–Kier alpha value is -13.0. The van der Waals surface area contributed by atoms with Gasteiger partial charge in [-0.05, 0) is 214 Å². The summed E-state index contributed by atoms with van der Waals surface area (Å²) in [5.74, 6) is 0.779. The summed E-state index contributed by atoms with van der Waals surface area (Å²) in [4.78, 5) is 103. The summed E-state index contributed by atoms with van der Waals surface area (Å²) in [5.41, 5.74) is 25.2. The molecule has 0 atom stereocenters. The third-order valence-corrected chi connectivity index (χ3v) is 23.3. The van der Waals surface area contributed by atoms with E-state index in [1.54, 1.807) is 97.1 Å². The fraction of sp³-hybridized carbons (Fsp3) is 0.243.